The van der Waals surface area contributed by atoms with Crippen molar-refractivity contribution < 1.29 is 14.6 Å². The van der Waals surface area contributed by atoms with Crippen molar-refractivity contribution in [1.29, 1.82) is 0 Å². The first-order valence-corrected chi connectivity index (χ1v) is 8.55. The number of benzene rings is 2. The van der Waals surface area contributed by atoms with Crippen LogP contribution < -0.4 is 4.74 Å². The van der Waals surface area contributed by atoms with E-state index in [4.69, 9.17) is 21.4 Å². The molecule has 0 aliphatic carbocycles. The molecule has 0 spiro atoms. The predicted molar refractivity (Wildman–Crippen MR) is 104 cm³/mol. The summed E-state index contributed by atoms with van der Waals surface area (Å²) in [4.78, 5) is 15.6. The minimum absolute atomic E-state index is 0.517. The van der Waals surface area contributed by atoms with Gasteiger partial charge in [0.1, 0.15) is 5.75 Å². The highest BCUT2D eigenvalue weighted by atomic mass is 35.5. The number of ether oxygens (including phenoxy) is 1. The second kappa shape index (κ2) is 7.58. The average Bonchev–Trinajstić information content (AvgIpc) is 2.61. The van der Waals surface area contributed by atoms with Crippen LogP contribution in [0.1, 0.15) is 25.1 Å². The molecule has 1 N–H and O–H groups in total. The molecule has 1 heterocycles. The van der Waals surface area contributed by atoms with Gasteiger partial charge in [-0.3, -0.25) is 0 Å². The van der Waals surface area contributed by atoms with Crippen LogP contribution >= 0.6 is 11.6 Å². The van der Waals surface area contributed by atoms with Gasteiger partial charge < -0.3 is 9.84 Å². The molecule has 2 aromatic carbocycles. The molecule has 0 amide bonds. The van der Waals surface area contributed by atoms with Crippen LogP contribution in [0.3, 0.4) is 0 Å². The molecule has 0 aliphatic rings. The molecule has 5 heteroatoms. The number of rotatable bonds is 5. The Hall–Kier alpha value is -2.85. The number of allylic oxidation sites excluding steroid dienone is 1. The maximum atomic E-state index is 10.9. The Morgan fingerprint density at radius 1 is 1.19 bits per heavy atom. The van der Waals surface area contributed by atoms with Crippen molar-refractivity contribution in [2.45, 2.75) is 20.0 Å². The summed E-state index contributed by atoms with van der Waals surface area (Å²) in [6.07, 6.45) is 1.07. The molecule has 1 aromatic heterocycles. The monoisotopic (exact) mass is 367 g/mol. The lowest BCUT2D eigenvalue weighted by Crippen LogP contribution is -2.22. The number of hydrogen-bond acceptors (Lipinski definition) is 3. The third kappa shape index (κ3) is 4.21. The number of carboxylic acid groups (broad SMARTS) is 1. The van der Waals surface area contributed by atoms with E-state index in [0.29, 0.717) is 10.8 Å². The van der Waals surface area contributed by atoms with E-state index in [1.54, 1.807) is 6.07 Å². The summed E-state index contributed by atoms with van der Waals surface area (Å²) in [5, 5.41) is 10.7. The maximum Gasteiger partial charge on any atom is 0.344 e. The van der Waals surface area contributed by atoms with Crippen LogP contribution in [0.2, 0.25) is 5.02 Å². The van der Waals surface area contributed by atoms with Crippen LogP contribution in [0.25, 0.3) is 22.6 Å². The number of halogens is 1. The molecule has 26 heavy (non-hydrogen) atoms. The Balaban J connectivity index is 1.88. The number of carboxylic acids is 1. The van der Waals surface area contributed by atoms with E-state index >= 15 is 0 Å². The molecule has 3 aromatic rings. The molecule has 0 aliphatic heterocycles. The van der Waals surface area contributed by atoms with Crippen LogP contribution in [0.5, 0.6) is 5.75 Å². The van der Waals surface area contributed by atoms with Crippen molar-refractivity contribution in [3.63, 3.8) is 0 Å². The lowest BCUT2D eigenvalue weighted by atomic mass is 10.1. The van der Waals surface area contributed by atoms with E-state index in [2.05, 4.69) is 4.98 Å². The number of hydrogen-bond donors (Lipinski definition) is 1. The van der Waals surface area contributed by atoms with Gasteiger partial charge >= 0.3 is 5.97 Å². The van der Waals surface area contributed by atoms with Gasteiger partial charge in [0.25, 0.3) is 0 Å². The molecular weight excluding hydrogens is 350 g/mol. The Morgan fingerprint density at radius 2 is 1.96 bits per heavy atom. The number of aromatic nitrogens is 1. The fraction of sp³-hybridized carbons (Fsp3) is 0.143. The number of fused-ring (bicyclic) bond motifs is 1. The molecule has 3 rings (SSSR count). The van der Waals surface area contributed by atoms with Gasteiger partial charge in [-0.05, 0) is 61.4 Å². The highest BCUT2D eigenvalue weighted by molar-refractivity contribution is 6.31. The maximum absolute atomic E-state index is 10.9. The quantitative estimate of drug-likeness (QED) is 0.664. The van der Waals surface area contributed by atoms with Crippen molar-refractivity contribution >= 4 is 40.1 Å². The zero-order valence-corrected chi connectivity index (χ0v) is 15.2. The van der Waals surface area contributed by atoms with Gasteiger partial charge in [0, 0.05) is 10.4 Å². The van der Waals surface area contributed by atoms with Gasteiger partial charge in [0.05, 0.1) is 11.2 Å². The topological polar surface area (TPSA) is 59.4 Å². The van der Waals surface area contributed by atoms with Gasteiger partial charge in [-0.25, -0.2) is 9.78 Å². The van der Waals surface area contributed by atoms with Crippen molar-refractivity contribution in [2.75, 3.05) is 0 Å². The van der Waals surface area contributed by atoms with E-state index in [1.165, 1.54) is 6.92 Å². The standard InChI is InChI=1S/C21H18ClNO3/c1-13(16-4-3-5-19(11-16)26-14(2)21(24)25)10-18-9-7-15-6-8-17(22)12-20(15)23-18/h3-12,14H,1-2H3,(H,24,25)/b13-10-. The fourth-order valence-corrected chi connectivity index (χ4v) is 2.73. The number of pyridine rings is 1. The third-order valence-corrected chi connectivity index (χ3v) is 4.23. The van der Waals surface area contributed by atoms with Crippen LogP contribution in [0.4, 0.5) is 0 Å². The first kappa shape index (κ1) is 18.0. The van der Waals surface area contributed by atoms with E-state index in [0.717, 1.165) is 27.7 Å². The molecule has 0 bridgehead atoms. The summed E-state index contributed by atoms with van der Waals surface area (Å²) in [7, 11) is 0. The van der Waals surface area contributed by atoms with Crippen LogP contribution in [0.15, 0.2) is 54.6 Å². The van der Waals surface area contributed by atoms with Gasteiger partial charge in [-0.15, -0.1) is 0 Å². The Bertz CT molecular complexity index is 997. The zero-order valence-electron chi connectivity index (χ0n) is 14.4. The second-order valence-corrected chi connectivity index (χ2v) is 6.46. The minimum Gasteiger partial charge on any atom is -0.479 e. The van der Waals surface area contributed by atoms with Crippen molar-refractivity contribution in [3.8, 4) is 5.75 Å². The van der Waals surface area contributed by atoms with Crippen molar-refractivity contribution in [2.24, 2.45) is 0 Å². The van der Waals surface area contributed by atoms with E-state index in [1.807, 2.05) is 61.5 Å². The Labute approximate surface area is 156 Å². The van der Waals surface area contributed by atoms with E-state index < -0.39 is 12.1 Å². The van der Waals surface area contributed by atoms with Gasteiger partial charge in [-0.1, -0.05) is 35.9 Å². The van der Waals surface area contributed by atoms with Crippen molar-refractivity contribution in [3.05, 3.63) is 70.9 Å². The number of nitrogens with zero attached hydrogens (tertiary/aromatic N) is 1. The SMILES string of the molecule is C/C(=C/c1ccc2ccc(Cl)cc2n1)c1cccc(OC(C)C(=O)O)c1. The normalized spacial score (nSPS) is 12.8. The lowest BCUT2D eigenvalue weighted by molar-refractivity contribution is -0.144. The first-order chi connectivity index (χ1) is 12.4. The largest absolute Gasteiger partial charge is 0.479 e. The Morgan fingerprint density at radius 3 is 2.73 bits per heavy atom. The zero-order chi connectivity index (χ0) is 18.7. The summed E-state index contributed by atoms with van der Waals surface area (Å²) in [5.74, 6) is -0.481. The molecule has 0 saturated carbocycles. The van der Waals surface area contributed by atoms with Gasteiger partial charge in [-0.2, -0.15) is 0 Å². The second-order valence-electron chi connectivity index (χ2n) is 6.03. The molecule has 0 radical (unpaired) electrons. The van der Waals surface area contributed by atoms with E-state index in [9.17, 15) is 4.79 Å². The molecule has 1 atom stereocenters. The van der Waals surface area contributed by atoms with Gasteiger partial charge in [0.15, 0.2) is 6.10 Å². The third-order valence-electron chi connectivity index (χ3n) is 3.99. The van der Waals surface area contributed by atoms with E-state index in [-0.39, 0.29) is 0 Å². The van der Waals surface area contributed by atoms with Crippen LogP contribution in [-0.4, -0.2) is 22.2 Å². The smallest absolute Gasteiger partial charge is 0.344 e. The molecule has 132 valence electrons. The average molecular weight is 368 g/mol. The summed E-state index contributed by atoms with van der Waals surface area (Å²) >= 11 is 6.04. The fourth-order valence-electron chi connectivity index (χ4n) is 2.56. The first-order valence-electron chi connectivity index (χ1n) is 8.17. The molecule has 0 saturated heterocycles. The van der Waals surface area contributed by atoms with Crippen LogP contribution in [-0.2, 0) is 4.79 Å². The summed E-state index contributed by atoms with van der Waals surface area (Å²) in [6, 6.07) is 16.9. The lowest BCUT2D eigenvalue weighted by Gasteiger charge is -2.11. The van der Waals surface area contributed by atoms with Gasteiger partial charge in [0.2, 0.25) is 0 Å². The molecular formula is C21H18ClNO3. The summed E-state index contributed by atoms with van der Waals surface area (Å²) in [5.41, 5.74) is 3.59. The minimum atomic E-state index is -0.998. The number of carbonyl (C=O) groups is 1. The summed E-state index contributed by atoms with van der Waals surface area (Å²) in [6.45, 7) is 3.48. The molecule has 4 nitrogen and oxygen atoms in total. The predicted octanol–water partition coefficient (Wildman–Crippen LogP) is 5.30. The highest BCUT2D eigenvalue weighted by Gasteiger charge is 2.12. The molecule has 1 unspecified atom stereocenters. The number of aliphatic carboxylic acids is 1. The van der Waals surface area contributed by atoms with Crippen LogP contribution in [0, 0.1) is 0 Å². The summed E-state index contributed by atoms with van der Waals surface area (Å²) < 4.78 is 5.43. The highest BCUT2D eigenvalue weighted by Crippen LogP contribution is 2.24. The Kier molecular flexibility index (Phi) is 5.24. The molecule has 0 fully saturated rings. The van der Waals surface area contributed by atoms with Crippen molar-refractivity contribution in [1.82, 2.24) is 4.98 Å².